The van der Waals surface area contributed by atoms with Crippen LogP contribution in [0.5, 0.6) is 5.75 Å². The van der Waals surface area contributed by atoms with Gasteiger partial charge in [0.05, 0.1) is 7.11 Å². The third-order valence-electron chi connectivity index (χ3n) is 7.64. The number of nitrogens with zero attached hydrogens (tertiary/aromatic N) is 1. The molecule has 0 unspecified atom stereocenters. The van der Waals surface area contributed by atoms with Gasteiger partial charge in [0.15, 0.2) is 6.10 Å². The normalized spacial score (nSPS) is 27.3. The summed E-state index contributed by atoms with van der Waals surface area (Å²) in [6.07, 6.45) is 7.75. The Morgan fingerprint density at radius 1 is 1.10 bits per heavy atom. The van der Waals surface area contributed by atoms with Gasteiger partial charge < -0.3 is 30.3 Å². The van der Waals surface area contributed by atoms with Gasteiger partial charge in [-0.05, 0) is 77.8 Å². The zero-order chi connectivity index (χ0) is 28.9. The summed E-state index contributed by atoms with van der Waals surface area (Å²) >= 11 is 0. The number of rotatable bonds is 4. The summed E-state index contributed by atoms with van der Waals surface area (Å²) < 4.78 is 10.9. The van der Waals surface area contributed by atoms with Gasteiger partial charge in [-0.25, -0.2) is 4.79 Å². The smallest absolute Gasteiger partial charge is 0.408 e. The van der Waals surface area contributed by atoms with Gasteiger partial charge in [-0.2, -0.15) is 0 Å². The molecule has 218 valence electrons. The molecule has 2 heterocycles. The Hall–Kier alpha value is -3.56. The summed E-state index contributed by atoms with van der Waals surface area (Å²) in [7, 11) is 1.56. The van der Waals surface area contributed by atoms with E-state index in [1.54, 1.807) is 31.4 Å². The lowest BCUT2D eigenvalue weighted by molar-refractivity contribution is -0.146. The summed E-state index contributed by atoms with van der Waals surface area (Å²) in [5.74, 6) is -0.562. The highest BCUT2D eigenvalue weighted by Crippen LogP contribution is 2.46. The topological polar surface area (TPSA) is 126 Å². The van der Waals surface area contributed by atoms with E-state index in [0.29, 0.717) is 50.1 Å². The van der Waals surface area contributed by atoms with Crippen molar-refractivity contribution in [1.82, 2.24) is 15.5 Å². The Balaban J connectivity index is 1.54. The van der Waals surface area contributed by atoms with Crippen molar-refractivity contribution in [3.05, 3.63) is 36.4 Å². The van der Waals surface area contributed by atoms with E-state index in [-0.39, 0.29) is 23.6 Å². The molecule has 3 N–H and O–H groups in total. The van der Waals surface area contributed by atoms with Crippen molar-refractivity contribution in [2.24, 2.45) is 5.92 Å². The van der Waals surface area contributed by atoms with Crippen LogP contribution in [0.25, 0.3) is 0 Å². The van der Waals surface area contributed by atoms with Crippen LogP contribution < -0.4 is 20.7 Å². The Bertz CT molecular complexity index is 1150. The number of carbonyl (C=O) groups excluding carboxylic acids is 4. The molecule has 4 atom stereocenters. The van der Waals surface area contributed by atoms with Gasteiger partial charge in [0.1, 0.15) is 17.3 Å². The summed E-state index contributed by atoms with van der Waals surface area (Å²) in [5.41, 5.74) is -1.04. The molecule has 0 bridgehead atoms. The van der Waals surface area contributed by atoms with E-state index in [0.717, 1.165) is 19.3 Å². The largest absolute Gasteiger partial charge is 0.497 e. The molecule has 1 saturated heterocycles. The Kier molecular flexibility index (Phi) is 9.05. The maximum atomic E-state index is 13.7. The number of allylic oxidation sites excluding steroid dienone is 1. The minimum atomic E-state index is -1.10. The summed E-state index contributed by atoms with van der Waals surface area (Å²) in [6, 6.07) is 6.34. The highest BCUT2D eigenvalue weighted by Gasteiger charge is 2.60. The maximum Gasteiger partial charge on any atom is 0.408 e. The van der Waals surface area contributed by atoms with E-state index in [4.69, 9.17) is 9.47 Å². The van der Waals surface area contributed by atoms with E-state index in [2.05, 4.69) is 22.0 Å². The highest BCUT2D eigenvalue weighted by atomic mass is 16.6. The van der Waals surface area contributed by atoms with E-state index in [1.807, 2.05) is 26.8 Å². The zero-order valence-electron chi connectivity index (χ0n) is 24.0. The number of hydrogen-bond acceptors (Lipinski definition) is 6. The molecule has 2 fully saturated rings. The third kappa shape index (κ3) is 7.14. The SMILES string of the molecule is COc1cccc(NC(=O)[C@@]23C[C@H]2C=CCCCCC[C@H](OC(=O)NC(C)(C)C)C(=O)N2CCC[C@H]2C(=O)N3)c1. The average Bonchev–Trinajstić information content (AvgIpc) is 3.35. The first-order valence-electron chi connectivity index (χ1n) is 14.3. The van der Waals surface area contributed by atoms with E-state index >= 15 is 0 Å². The van der Waals surface area contributed by atoms with Crippen molar-refractivity contribution in [1.29, 1.82) is 0 Å². The number of anilines is 1. The van der Waals surface area contributed by atoms with Crippen molar-refractivity contribution < 1.29 is 28.7 Å². The second-order valence-corrected chi connectivity index (χ2v) is 12.0. The Morgan fingerprint density at radius 2 is 1.90 bits per heavy atom. The zero-order valence-corrected chi connectivity index (χ0v) is 24.0. The van der Waals surface area contributed by atoms with Crippen molar-refractivity contribution in [2.45, 2.75) is 95.4 Å². The second kappa shape index (κ2) is 12.3. The van der Waals surface area contributed by atoms with Crippen LogP contribution in [-0.4, -0.2) is 65.6 Å². The van der Waals surface area contributed by atoms with E-state index in [9.17, 15) is 19.2 Å². The number of hydrogen-bond donors (Lipinski definition) is 3. The lowest BCUT2D eigenvalue weighted by atomic mass is 10.1. The summed E-state index contributed by atoms with van der Waals surface area (Å²) in [5, 5.41) is 8.71. The molecule has 10 heteroatoms. The molecule has 1 aliphatic carbocycles. The van der Waals surface area contributed by atoms with Crippen LogP contribution in [0.4, 0.5) is 10.5 Å². The maximum absolute atomic E-state index is 13.7. The molecule has 10 nitrogen and oxygen atoms in total. The monoisotopic (exact) mass is 554 g/mol. The highest BCUT2D eigenvalue weighted by molar-refractivity contribution is 6.04. The van der Waals surface area contributed by atoms with Gasteiger partial charge in [-0.3, -0.25) is 14.4 Å². The fraction of sp³-hybridized carbons (Fsp3) is 0.600. The first kappa shape index (κ1) is 29.4. The van der Waals surface area contributed by atoms with Crippen LogP contribution >= 0.6 is 0 Å². The lowest BCUT2D eigenvalue weighted by Gasteiger charge is -2.30. The minimum Gasteiger partial charge on any atom is -0.497 e. The number of amides is 4. The third-order valence-corrected chi connectivity index (χ3v) is 7.64. The number of methoxy groups -OCH3 is 1. The van der Waals surface area contributed by atoms with E-state index in [1.165, 1.54) is 4.90 Å². The average molecular weight is 555 g/mol. The Labute approximate surface area is 236 Å². The molecule has 4 amide bonds. The molecule has 2 aliphatic heterocycles. The molecule has 1 aromatic carbocycles. The molecule has 40 heavy (non-hydrogen) atoms. The molecule has 0 aromatic heterocycles. The van der Waals surface area contributed by atoms with Gasteiger partial charge >= 0.3 is 6.09 Å². The molecule has 1 aromatic rings. The molecule has 4 rings (SSSR count). The number of alkyl carbamates (subject to hydrolysis) is 1. The number of nitrogens with one attached hydrogen (secondary N) is 3. The van der Waals surface area contributed by atoms with Gasteiger partial charge in [-0.1, -0.05) is 24.6 Å². The number of fused-ring (bicyclic) bond motifs is 2. The molecule has 1 saturated carbocycles. The van der Waals surface area contributed by atoms with Crippen LogP contribution in [-0.2, 0) is 19.1 Å². The first-order valence-corrected chi connectivity index (χ1v) is 14.3. The molecule has 0 radical (unpaired) electrons. The lowest BCUT2D eigenvalue weighted by Crippen LogP contribution is -2.56. The van der Waals surface area contributed by atoms with Crippen LogP contribution in [0.15, 0.2) is 36.4 Å². The quantitative estimate of drug-likeness (QED) is 0.485. The van der Waals surface area contributed by atoms with Gasteiger partial charge in [0.25, 0.3) is 11.8 Å². The molecular formula is C30H42N4O6. The predicted octanol–water partition coefficient (Wildman–Crippen LogP) is 3.91. The van der Waals surface area contributed by atoms with Crippen molar-refractivity contribution >= 4 is 29.5 Å². The predicted molar refractivity (Wildman–Crippen MR) is 151 cm³/mol. The van der Waals surface area contributed by atoms with Crippen LogP contribution in [0.3, 0.4) is 0 Å². The summed E-state index contributed by atoms with van der Waals surface area (Å²) in [6.45, 7) is 5.91. The van der Waals surface area contributed by atoms with E-state index < -0.39 is 29.3 Å². The van der Waals surface area contributed by atoms with Crippen LogP contribution in [0, 0.1) is 5.92 Å². The number of ether oxygens (including phenoxy) is 2. The van der Waals surface area contributed by atoms with Gasteiger partial charge in [0.2, 0.25) is 5.91 Å². The van der Waals surface area contributed by atoms with Crippen LogP contribution in [0.2, 0.25) is 0 Å². The molecular weight excluding hydrogens is 512 g/mol. The standard InChI is InChI=1S/C30H42N4O6/c1-29(2,3)33-28(38)40-24-16-9-7-5-6-8-12-20-19-30(20,27(37)31-21-13-10-14-22(18-21)39-4)32-25(35)23-15-11-17-34(23)26(24)36/h8,10,12-14,18,20,23-24H,5-7,9,11,15-17,19H2,1-4H3,(H,31,37)(H,32,35)(H,33,38)/t20-,23+,24+,30-/m1/s1. The first-order chi connectivity index (χ1) is 19.0. The fourth-order valence-electron chi connectivity index (χ4n) is 5.44. The van der Waals surface area contributed by atoms with Gasteiger partial charge in [0, 0.05) is 29.8 Å². The summed E-state index contributed by atoms with van der Waals surface area (Å²) in [4.78, 5) is 55.0. The van der Waals surface area contributed by atoms with Crippen molar-refractivity contribution in [2.75, 3.05) is 19.0 Å². The Morgan fingerprint density at radius 3 is 2.65 bits per heavy atom. The molecule has 0 spiro atoms. The van der Waals surface area contributed by atoms with Crippen molar-refractivity contribution in [3.8, 4) is 5.75 Å². The van der Waals surface area contributed by atoms with Gasteiger partial charge in [-0.15, -0.1) is 0 Å². The minimum absolute atomic E-state index is 0.144. The van der Waals surface area contributed by atoms with Crippen molar-refractivity contribution in [3.63, 3.8) is 0 Å². The van der Waals surface area contributed by atoms with Crippen LogP contribution in [0.1, 0.15) is 72.1 Å². The fourth-order valence-corrected chi connectivity index (χ4v) is 5.44. The number of carbonyl (C=O) groups is 4. The number of benzene rings is 1. The molecule has 3 aliphatic rings. The second-order valence-electron chi connectivity index (χ2n) is 12.0.